The Morgan fingerprint density at radius 1 is 1.10 bits per heavy atom. The molecule has 1 aliphatic heterocycles. The van der Waals surface area contributed by atoms with Gasteiger partial charge in [0.1, 0.15) is 0 Å². The molecule has 2 fully saturated rings. The second-order valence-electron chi connectivity index (χ2n) is 6.27. The van der Waals surface area contributed by atoms with Crippen molar-refractivity contribution in [2.45, 2.75) is 37.5 Å². The average molecular weight is 272 g/mol. The number of amides is 1. The summed E-state index contributed by atoms with van der Waals surface area (Å²) < 4.78 is 0. The highest BCUT2D eigenvalue weighted by molar-refractivity contribution is 5.87. The molecule has 20 heavy (non-hydrogen) atoms. The highest BCUT2D eigenvalue weighted by atomic mass is 16.1. The predicted octanol–water partition coefficient (Wildman–Crippen LogP) is 2.21. The summed E-state index contributed by atoms with van der Waals surface area (Å²) in [5, 5.41) is 3.42. The van der Waals surface area contributed by atoms with Crippen molar-refractivity contribution in [1.29, 1.82) is 0 Å². The van der Waals surface area contributed by atoms with Crippen molar-refractivity contribution < 1.29 is 4.79 Å². The molecule has 1 saturated heterocycles. The van der Waals surface area contributed by atoms with E-state index < -0.39 is 5.41 Å². The SMILES string of the molecule is NC(=O)C(c1ccccc1)(C1CCCC1)C1CCNC1. The average Bonchev–Trinajstić information content (AvgIpc) is 3.14. The van der Waals surface area contributed by atoms with Crippen molar-refractivity contribution in [3.63, 3.8) is 0 Å². The zero-order chi connectivity index (χ0) is 14.0. The van der Waals surface area contributed by atoms with Gasteiger partial charge in [-0.1, -0.05) is 43.2 Å². The number of hydrogen-bond acceptors (Lipinski definition) is 2. The summed E-state index contributed by atoms with van der Waals surface area (Å²) in [5.74, 6) is 0.627. The van der Waals surface area contributed by atoms with E-state index in [2.05, 4.69) is 17.4 Å². The smallest absolute Gasteiger partial charge is 0.228 e. The minimum Gasteiger partial charge on any atom is -0.369 e. The van der Waals surface area contributed by atoms with Gasteiger partial charge in [0, 0.05) is 0 Å². The molecule has 2 unspecified atom stereocenters. The van der Waals surface area contributed by atoms with E-state index in [4.69, 9.17) is 5.73 Å². The van der Waals surface area contributed by atoms with Gasteiger partial charge in [0.2, 0.25) is 5.91 Å². The van der Waals surface area contributed by atoms with Crippen LogP contribution in [0.15, 0.2) is 30.3 Å². The number of carbonyl (C=O) groups is 1. The second kappa shape index (κ2) is 5.57. The van der Waals surface area contributed by atoms with E-state index in [-0.39, 0.29) is 5.91 Å². The molecule has 0 spiro atoms. The number of rotatable bonds is 4. The zero-order valence-corrected chi connectivity index (χ0v) is 12.0. The molecule has 1 saturated carbocycles. The largest absolute Gasteiger partial charge is 0.369 e. The van der Waals surface area contributed by atoms with E-state index in [9.17, 15) is 4.79 Å². The highest BCUT2D eigenvalue weighted by Gasteiger charge is 2.52. The Labute approximate surface area is 120 Å². The molecule has 2 atom stereocenters. The van der Waals surface area contributed by atoms with Gasteiger partial charge >= 0.3 is 0 Å². The molecule has 0 bridgehead atoms. The number of benzene rings is 1. The molecule has 0 aromatic heterocycles. The quantitative estimate of drug-likeness (QED) is 0.883. The number of nitrogens with two attached hydrogens (primary N) is 1. The molecule has 1 aliphatic carbocycles. The van der Waals surface area contributed by atoms with Crippen molar-refractivity contribution in [3.05, 3.63) is 35.9 Å². The van der Waals surface area contributed by atoms with Gasteiger partial charge in [-0.15, -0.1) is 0 Å². The maximum atomic E-state index is 12.6. The summed E-state index contributed by atoms with van der Waals surface area (Å²) >= 11 is 0. The zero-order valence-electron chi connectivity index (χ0n) is 12.0. The van der Waals surface area contributed by atoms with Crippen LogP contribution >= 0.6 is 0 Å². The number of primary amides is 1. The number of nitrogens with one attached hydrogen (secondary N) is 1. The lowest BCUT2D eigenvalue weighted by molar-refractivity contribution is -0.128. The monoisotopic (exact) mass is 272 g/mol. The van der Waals surface area contributed by atoms with Crippen LogP contribution in [0.25, 0.3) is 0 Å². The van der Waals surface area contributed by atoms with Crippen molar-refractivity contribution in [3.8, 4) is 0 Å². The maximum Gasteiger partial charge on any atom is 0.228 e. The van der Waals surface area contributed by atoms with Crippen LogP contribution in [0.3, 0.4) is 0 Å². The highest BCUT2D eigenvalue weighted by Crippen LogP contribution is 2.48. The summed E-state index contributed by atoms with van der Waals surface area (Å²) in [4.78, 5) is 12.6. The lowest BCUT2D eigenvalue weighted by atomic mass is 9.61. The van der Waals surface area contributed by atoms with Crippen molar-refractivity contribution in [2.24, 2.45) is 17.6 Å². The summed E-state index contributed by atoms with van der Waals surface area (Å²) in [6.45, 7) is 1.91. The first-order valence-electron chi connectivity index (χ1n) is 7.82. The van der Waals surface area contributed by atoms with Crippen molar-refractivity contribution in [2.75, 3.05) is 13.1 Å². The minimum absolute atomic E-state index is 0.121. The van der Waals surface area contributed by atoms with Gasteiger partial charge in [-0.2, -0.15) is 0 Å². The molecule has 1 aromatic carbocycles. The summed E-state index contributed by atoms with van der Waals surface area (Å²) in [5.41, 5.74) is 6.66. The van der Waals surface area contributed by atoms with Gasteiger partial charge in [-0.05, 0) is 49.8 Å². The molecule has 1 amide bonds. The third kappa shape index (κ3) is 2.05. The summed E-state index contributed by atoms with van der Waals surface area (Å²) in [7, 11) is 0. The number of carbonyl (C=O) groups excluding carboxylic acids is 1. The molecular weight excluding hydrogens is 248 g/mol. The Bertz CT molecular complexity index is 443. The van der Waals surface area contributed by atoms with Crippen molar-refractivity contribution in [1.82, 2.24) is 5.32 Å². The standard InChI is InChI=1S/C17H24N2O/c18-16(20)17(14-8-4-5-9-14,15-10-11-19-12-15)13-6-2-1-3-7-13/h1-3,6-7,14-15,19H,4-5,8-12H2,(H2,18,20). The Hall–Kier alpha value is -1.35. The van der Waals surface area contributed by atoms with Crippen LogP contribution in [0.1, 0.15) is 37.7 Å². The van der Waals surface area contributed by atoms with Gasteiger partial charge in [-0.25, -0.2) is 0 Å². The van der Waals surface area contributed by atoms with Crippen LogP contribution in [0.4, 0.5) is 0 Å². The van der Waals surface area contributed by atoms with Gasteiger partial charge < -0.3 is 11.1 Å². The van der Waals surface area contributed by atoms with Crippen LogP contribution in [0.5, 0.6) is 0 Å². The van der Waals surface area contributed by atoms with Crippen LogP contribution in [0, 0.1) is 11.8 Å². The first-order chi connectivity index (χ1) is 9.76. The molecule has 0 radical (unpaired) electrons. The van der Waals surface area contributed by atoms with E-state index in [0.717, 1.165) is 37.9 Å². The molecule has 3 heteroatoms. The topological polar surface area (TPSA) is 55.1 Å². The first-order valence-corrected chi connectivity index (χ1v) is 7.82. The summed E-state index contributed by atoms with van der Waals surface area (Å²) in [6, 6.07) is 10.3. The van der Waals surface area contributed by atoms with E-state index in [1.165, 1.54) is 12.8 Å². The fourth-order valence-corrected chi connectivity index (χ4v) is 4.49. The van der Waals surface area contributed by atoms with Gasteiger partial charge in [0.05, 0.1) is 5.41 Å². The van der Waals surface area contributed by atoms with Crippen LogP contribution in [-0.2, 0) is 10.2 Å². The Balaban J connectivity index is 2.10. The molecule has 1 heterocycles. The molecule has 2 aliphatic rings. The van der Waals surface area contributed by atoms with E-state index in [1.54, 1.807) is 0 Å². The van der Waals surface area contributed by atoms with E-state index in [0.29, 0.717) is 11.8 Å². The second-order valence-corrected chi connectivity index (χ2v) is 6.27. The predicted molar refractivity (Wildman–Crippen MR) is 80.2 cm³/mol. The van der Waals surface area contributed by atoms with Crippen LogP contribution in [0.2, 0.25) is 0 Å². The lowest BCUT2D eigenvalue weighted by Crippen LogP contribution is -2.52. The third-order valence-electron chi connectivity index (χ3n) is 5.36. The molecule has 1 aromatic rings. The third-order valence-corrected chi connectivity index (χ3v) is 5.36. The molecular formula is C17H24N2O. The molecule has 3 N–H and O–H groups in total. The Morgan fingerprint density at radius 2 is 1.80 bits per heavy atom. The molecule has 3 nitrogen and oxygen atoms in total. The fraction of sp³-hybridized carbons (Fsp3) is 0.588. The normalized spacial score (nSPS) is 26.5. The Kier molecular flexibility index (Phi) is 3.79. The maximum absolute atomic E-state index is 12.6. The first kappa shape index (κ1) is 13.6. The Morgan fingerprint density at radius 3 is 2.35 bits per heavy atom. The fourth-order valence-electron chi connectivity index (χ4n) is 4.49. The molecule has 108 valence electrons. The lowest BCUT2D eigenvalue weighted by Gasteiger charge is -2.41. The molecule has 3 rings (SSSR count). The van der Waals surface area contributed by atoms with Crippen LogP contribution < -0.4 is 11.1 Å². The van der Waals surface area contributed by atoms with E-state index in [1.807, 2.05) is 18.2 Å². The van der Waals surface area contributed by atoms with Crippen molar-refractivity contribution >= 4 is 5.91 Å². The van der Waals surface area contributed by atoms with Gasteiger partial charge in [0.15, 0.2) is 0 Å². The van der Waals surface area contributed by atoms with Crippen LogP contribution in [-0.4, -0.2) is 19.0 Å². The van der Waals surface area contributed by atoms with Gasteiger partial charge in [0.25, 0.3) is 0 Å². The van der Waals surface area contributed by atoms with Gasteiger partial charge in [-0.3, -0.25) is 4.79 Å². The summed E-state index contributed by atoms with van der Waals surface area (Å²) in [6.07, 6.45) is 5.77. The number of hydrogen-bond donors (Lipinski definition) is 2. The minimum atomic E-state index is -0.471. The van der Waals surface area contributed by atoms with E-state index >= 15 is 0 Å².